The van der Waals surface area contributed by atoms with Gasteiger partial charge in [-0.1, -0.05) is 26.0 Å². The van der Waals surface area contributed by atoms with Crippen molar-refractivity contribution in [1.82, 2.24) is 15.1 Å². The minimum atomic E-state index is -0.454. The van der Waals surface area contributed by atoms with Gasteiger partial charge in [-0.2, -0.15) is 0 Å². The normalized spacial score (nSPS) is 16.7. The van der Waals surface area contributed by atoms with Crippen molar-refractivity contribution in [3.63, 3.8) is 0 Å². The number of carbonyl (C=O) groups is 3. The quantitative estimate of drug-likeness (QED) is 0.376. The second-order valence-electron chi connectivity index (χ2n) is 7.81. The highest BCUT2D eigenvalue weighted by Gasteiger charge is 2.45. The Morgan fingerprint density at radius 1 is 1.21 bits per heavy atom. The molecule has 1 atom stereocenters. The SMILES string of the molecule is CSc1ccccc1N1C(=O)[C@H](CCCCNC(=O)N(C)C)N(CC(C)C)C1=O. The van der Waals surface area contributed by atoms with Gasteiger partial charge in [-0.25, -0.2) is 14.5 Å². The van der Waals surface area contributed by atoms with Crippen molar-refractivity contribution in [2.75, 3.05) is 38.3 Å². The molecule has 0 aromatic heterocycles. The molecule has 2 rings (SSSR count). The van der Waals surface area contributed by atoms with Gasteiger partial charge in [-0.05, 0) is 43.6 Å². The van der Waals surface area contributed by atoms with Gasteiger partial charge in [0.25, 0.3) is 5.91 Å². The number of urea groups is 2. The Labute approximate surface area is 177 Å². The second kappa shape index (κ2) is 10.5. The molecule has 0 unspecified atom stereocenters. The highest BCUT2D eigenvalue weighted by Crippen LogP contribution is 2.34. The van der Waals surface area contributed by atoms with E-state index in [0.29, 0.717) is 25.2 Å². The van der Waals surface area contributed by atoms with Crippen molar-refractivity contribution in [3.05, 3.63) is 24.3 Å². The molecule has 1 saturated heterocycles. The number of unbranched alkanes of at least 4 members (excludes halogenated alkanes) is 1. The molecule has 7 nitrogen and oxygen atoms in total. The molecule has 0 spiro atoms. The zero-order chi connectivity index (χ0) is 21.6. The first kappa shape index (κ1) is 23.1. The molecule has 0 radical (unpaired) electrons. The van der Waals surface area contributed by atoms with E-state index in [-0.39, 0.29) is 23.9 Å². The smallest absolute Gasteiger partial charge is 0.332 e. The molecule has 0 aliphatic carbocycles. The fourth-order valence-electron chi connectivity index (χ4n) is 3.37. The van der Waals surface area contributed by atoms with Gasteiger partial charge in [0.1, 0.15) is 6.04 Å². The van der Waals surface area contributed by atoms with Crippen molar-refractivity contribution < 1.29 is 14.4 Å². The van der Waals surface area contributed by atoms with E-state index >= 15 is 0 Å². The summed E-state index contributed by atoms with van der Waals surface area (Å²) >= 11 is 1.52. The third kappa shape index (κ3) is 5.65. The number of rotatable bonds is 9. The van der Waals surface area contributed by atoms with Crippen LogP contribution in [-0.2, 0) is 4.79 Å². The standard InChI is InChI=1S/C21H32N4O3S/c1-15(2)14-24-17(11-8-9-13-22-20(27)23(3)4)19(26)25(21(24)28)16-10-6-7-12-18(16)29-5/h6-7,10,12,15,17H,8-9,11,13-14H2,1-5H3,(H,22,27)/t17-/m0/s1. The van der Waals surface area contributed by atoms with E-state index in [1.165, 1.54) is 21.6 Å². The lowest BCUT2D eigenvalue weighted by Crippen LogP contribution is -2.38. The van der Waals surface area contributed by atoms with Crippen LogP contribution < -0.4 is 10.2 Å². The summed E-state index contributed by atoms with van der Waals surface area (Å²) in [5.41, 5.74) is 0.657. The number of para-hydroxylation sites is 1. The fourth-order valence-corrected chi connectivity index (χ4v) is 3.95. The van der Waals surface area contributed by atoms with Crippen LogP contribution in [0.15, 0.2) is 29.2 Å². The van der Waals surface area contributed by atoms with Crippen molar-refractivity contribution in [3.8, 4) is 0 Å². The average molecular weight is 421 g/mol. The monoisotopic (exact) mass is 420 g/mol. The van der Waals surface area contributed by atoms with Gasteiger partial charge in [0, 0.05) is 32.1 Å². The molecule has 1 N–H and O–H groups in total. The minimum absolute atomic E-state index is 0.126. The van der Waals surface area contributed by atoms with Gasteiger partial charge in [0.15, 0.2) is 0 Å². The number of hydrogen-bond donors (Lipinski definition) is 1. The molecule has 1 fully saturated rings. The van der Waals surface area contributed by atoms with Gasteiger partial charge >= 0.3 is 12.1 Å². The molecular formula is C21H32N4O3S. The van der Waals surface area contributed by atoms with Crippen LogP contribution in [0.4, 0.5) is 15.3 Å². The van der Waals surface area contributed by atoms with Crippen LogP contribution in [0.25, 0.3) is 0 Å². The lowest BCUT2D eigenvalue weighted by atomic mass is 10.1. The third-order valence-electron chi connectivity index (χ3n) is 4.79. The number of benzene rings is 1. The lowest BCUT2D eigenvalue weighted by molar-refractivity contribution is -0.120. The van der Waals surface area contributed by atoms with E-state index in [1.807, 2.05) is 44.4 Å². The number of amides is 5. The zero-order valence-corrected chi connectivity index (χ0v) is 18.8. The Balaban J connectivity index is 2.09. The number of nitrogens with zero attached hydrogens (tertiary/aromatic N) is 3. The van der Waals surface area contributed by atoms with E-state index < -0.39 is 6.04 Å². The van der Waals surface area contributed by atoms with Crippen LogP contribution in [0.5, 0.6) is 0 Å². The molecular weight excluding hydrogens is 388 g/mol. The number of carbonyl (C=O) groups excluding carboxylic acids is 3. The summed E-state index contributed by atoms with van der Waals surface area (Å²) in [6.07, 6.45) is 4.04. The summed E-state index contributed by atoms with van der Waals surface area (Å²) in [5.74, 6) is 0.110. The maximum Gasteiger partial charge on any atom is 0.332 e. The van der Waals surface area contributed by atoms with Crippen LogP contribution in [0.2, 0.25) is 0 Å². The molecule has 1 heterocycles. The molecule has 8 heteroatoms. The highest BCUT2D eigenvalue weighted by atomic mass is 32.2. The Kier molecular flexibility index (Phi) is 8.37. The Morgan fingerprint density at radius 2 is 1.90 bits per heavy atom. The molecule has 1 aliphatic rings. The van der Waals surface area contributed by atoms with E-state index in [0.717, 1.165) is 17.7 Å². The van der Waals surface area contributed by atoms with Gasteiger partial charge in [-0.3, -0.25) is 4.79 Å². The first-order valence-electron chi connectivity index (χ1n) is 10.0. The van der Waals surface area contributed by atoms with Crippen LogP contribution in [0.1, 0.15) is 33.1 Å². The molecule has 0 saturated carbocycles. The van der Waals surface area contributed by atoms with Gasteiger partial charge in [0.2, 0.25) is 0 Å². The average Bonchev–Trinajstić information content (AvgIpc) is 2.90. The van der Waals surface area contributed by atoms with E-state index in [1.54, 1.807) is 19.0 Å². The number of anilines is 1. The maximum absolute atomic E-state index is 13.2. The number of hydrogen-bond acceptors (Lipinski definition) is 4. The lowest BCUT2D eigenvalue weighted by Gasteiger charge is -2.23. The van der Waals surface area contributed by atoms with Crippen molar-refractivity contribution in [2.24, 2.45) is 5.92 Å². The summed E-state index contributed by atoms with van der Waals surface area (Å²) in [7, 11) is 3.39. The summed E-state index contributed by atoms with van der Waals surface area (Å²) in [4.78, 5) is 43.4. The van der Waals surface area contributed by atoms with Crippen molar-refractivity contribution in [1.29, 1.82) is 0 Å². The topological polar surface area (TPSA) is 73.0 Å². The Bertz CT molecular complexity index is 738. The summed E-state index contributed by atoms with van der Waals surface area (Å²) in [5, 5.41) is 2.83. The molecule has 0 bridgehead atoms. The molecule has 1 aliphatic heterocycles. The van der Waals surface area contributed by atoms with Crippen LogP contribution in [-0.4, -0.2) is 67.3 Å². The first-order chi connectivity index (χ1) is 13.8. The Morgan fingerprint density at radius 3 is 2.52 bits per heavy atom. The summed E-state index contributed by atoms with van der Waals surface area (Å²) in [6.45, 7) is 5.19. The predicted molar refractivity (Wildman–Crippen MR) is 117 cm³/mol. The van der Waals surface area contributed by atoms with Gasteiger partial charge < -0.3 is 15.1 Å². The fraction of sp³-hybridized carbons (Fsp3) is 0.571. The zero-order valence-electron chi connectivity index (χ0n) is 18.0. The summed E-state index contributed by atoms with van der Waals surface area (Å²) in [6, 6.07) is 6.69. The van der Waals surface area contributed by atoms with Crippen molar-refractivity contribution >= 4 is 35.4 Å². The van der Waals surface area contributed by atoms with Gasteiger partial charge in [0.05, 0.1) is 5.69 Å². The number of thioether (sulfide) groups is 1. The number of imide groups is 1. The highest BCUT2D eigenvalue weighted by molar-refractivity contribution is 7.98. The molecule has 5 amide bonds. The van der Waals surface area contributed by atoms with Crippen LogP contribution in [0.3, 0.4) is 0 Å². The molecule has 29 heavy (non-hydrogen) atoms. The maximum atomic E-state index is 13.2. The molecule has 1 aromatic rings. The number of nitrogens with one attached hydrogen (secondary N) is 1. The minimum Gasteiger partial charge on any atom is -0.338 e. The van der Waals surface area contributed by atoms with E-state index in [9.17, 15) is 14.4 Å². The van der Waals surface area contributed by atoms with E-state index in [2.05, 4.69) is 5.32 Å². The van der Waals surface area contributed by atoms with Crippen LogP contribution >= 0.6 is 11.8 Å². The van der Waals surface area contributed by atoms with Crippen LogP contribution in [0, 0.1) is 5.92 Å². The second-order valence-corrected chi connectivity index (χ2v) is 8.66. The largest absolute Gasteiger partial charge is 0.338 e. The molecule has 160 valence electrons. The van der Waals surface area contributed by atoms with Gasteiger partial charge in [-0.15, -0.1) is 11.8 Å². The third-order valence-corrected chi connectivity index (χ3v) is 5.58. The Hall–Kier alpha value is -2.22. The van der Waals surface area contributed by atoms with E-state index in [4.69, 9.17) is 0 Å². The predicted octanol–water partition coefficient (Wildman–Crippen LogP) is 3.64. The first-order valence-corrected chi connectivity index (χ1v) is 11.2. The summed E-state index contributed by atoms with van der Waals surface area (Å²) < 4.78 is 0. The van der Waals surface area contributed by atoms with Crippen molar-refractivity contribution in [2.45, 2.75) is 44.0 Å². The molecule has 1 aromatic carbocycles.